The lowest BCUT2D eigenvalue weighted by Crippen LogP contribution is -2.17. The Labute approximate surface area is 35.2 Å². The van der Waals surface area contributed by atoms with Gasteiger partial charge in [-0.1, -0.05) is 0 Å². The molecule has 0 aliphatic carbocycles. The number of hydrogen-bond donors (Lipinski definition) is 2. The molecule has 0 aromatic rings. The molecule has 0 amide bonds. The molecule has 0 saturated heterocycles. The monoisotopic (exact) mass is 92.0 g/mol. The smallest absolute Gasteiger partial charge is 0.0860 e. The maximum atomic E-state index is 9.60. The van der Waals surface area contributed by atoms with Crippen molar-refractivity contribution in [3.63, 3.8) is 0 Å². The fourth-order valence-corrected chi connectivity index (χ4v) is 0.0447. The van der Waals surface area contributed by atoms with Crippen LogP contribution in [0.15, 0.2) is 0 Å². The SMILES string of the molecule is [O-]N(CO)CO. The van der Waals surface area contributed by atoms with Crippen LogP contribution in [0, 0.1) is 5.21 Å². The van der Waals surface area contributed by atoms with Crippen LogP contribution in [0.5, 0.6) is 0 Å². The number of aliphatic hydroxyl groups excluding tert-OH is 2. The van der Waals surface area contributed by atoms with Crippen LogP contribution in [0.3, 0.4) is 0 Å². The summed E-state index contributed by atoms with van der Waals surface area (Å²) in [6.45, 7) is -1.28. The van der Waals surface area contributed by atoms with Crippen molar-refractivity contribution in [2.45, 2.75) is 0 Å². The van der Waals surface area contributed by atoms with Crippen molar-refractivity contribution in [1.29, 1.82) is 0 Å². The Morgan fingerprint density at radius 1 is 1.33 bits per heavy atom. The predicted molar refractivity (Wildman–Crippen MR) is 19.4 cm³/mol. The van der Waals surface area contributed by atoms with Crippen LogP contribution in [-0.4, -0.2) is 28.7 Å². The second-order valence-electron chi connectivity index (χ2n) is 0.765. The summed E-state index contributed by atoms with van der Waals surface area (Å²) in [5, 5.41) is 25.3. The third-order valence-corrected chi connectivity index (χ3v) is 0.315. The molecule has 6 heavy (non-hydrogen) atoms. The fourth-order valence-electron chi connectivity index (χ4n) is 0.0447. The van der Waals surface area contributed by atoms with Gasteiger partial charge in [0.2, 0.25) is 0 Å². The van der Waals surface area contributed by atoms with Gasteiger partial charge < -0.3 is 20.5 Å². The zero-order valence-electron chi connectivity index (χ0n) is 3.16. The molecule has 38 valence electrons. The summed E-state index contributed by atoms with van der Waals surface area (Å²) in [7, 11) is 0. The summed E-state index contributed by atoms with van der Waals surface area (Å²) < 4.78 is 0. The van der Waals surface area contributed by atoms with E-state index in [-0.39, 0.29) is 5.06 Å². The molecule has 0 saturated carbocycles. The normalized spacial score (nSPS) is 10.0. The van der Waals surface area contributed by atoms with Gasteiger partial charge in [0.15, 0.2) is 0 Å². The van der Waals surface area contributed by atoms with Gasteiger partial charge in [-0.05, 0) is 0 Å². The van der Waals surface area contributed by atoms with Crippen LogP contribution in [-0.2, 0) is 0 Å². The Morgan fingerprint density at radius 3 is 1.67 bits per heavy atom. The number of aliphatic hydroxyl groups is 2. The Bertz CT molecular complexity index is 28.0. The van der Waals surface area contributed by atoms with Gasteiger partial charge in [0.1, 0.15) is 0 Å². The van der Waals surface area contributed by atoms with E-state index < -0.39 is 13.5 Å². The number of hydroxylamine groups is 2. The summed E-state index contributed by atoms with van der Waals surface area (Å²) >= 11 is 0. The lowest BCUT2D eigenvalue weighted by atomic mass is 11.1. The summed E-state index contributed by atoms with van der Waals surface area (Å²) in [6, 6.07) is 0. The first-order valence-electron chi connectivity index (χ1n) is 1.45. The Hall–Kier alpha value is -0.160. The minimum absolute atomic E-state index is 0.111. The van der Waals surface area contributed by atoms with E-state index in [1.165, 1.54) is 0 Å². The maximum Gasteiger partial charge on any atom is 0.0860 e. The van der Waals surface area contributed by atoms with Crippen LogP contribution in [0.25, 0.3) is 0 Å². The van der Waals surface area contributed by atoms with Crippen molar-refractivity contribution in [1.82, 2.24) is 5.06 Å². The summed E-state index contributed by atoms with van der Waals surface area (Å²) in [5.74, 6) is 0. The average Bonchev–Trinajstić information content (AvgIpc) is 1.65. The molecule has 2 N–H and O–H groups in total. The molecule has 0 fully saturated rings. The molecule has 0 rings (SSSR count). The van der Waals surface area contributed by atoms with E-state index in [0.717, 1.165) is 0 Å². The van der Waals surface area contributed by atoms with E-state index in [0.29, 0.717) is 0 Å². The van der Waals surface area contributed by atoms with Crippen LogP contribution in [0.4, 0.5) is 0 Å². The zero-order chi connectivity index (χ0) is 4.99. The highest BCUT2D eigenvalue weighted by atomic mass is 16.6. The molecule has 0 radical (unpaired) electrons. The van der Waals surface area contributed by atoms with Gasteiger partial charge in [0.05, 0.1) is 13.5 Å². The molecule has 0 aliphatic heterocycles. The van der Waals surface area contributed by atoms with Crippen molar-refractivity contribution >= 4 is 0 Å². The predicted octanol–water partition coefficient (Wildman–Crippen LogP) is -1.31. The highest BCUT2D eigenvalue weighted by molar-refractivity contribution is 4.36. The van der Waals surface area contributed by atoms with Crippen LogP contribution in [0.1, 0.15) is 0 Å². The molecule has 0 bridgehead atoms. The minimum Gasteiger partial charge on any atom is -0.782 e. The first kappa shape index (κ1) is 5.84. The summed E-state index contributed by atoms with van der Waals surface area (Å²) in [5.41, 5.74) is 0. The molecule has 4 heteroatoms. The molecule has 0 aromatic heterocycles. The fraction of sp³-hybridized carbons (Fsp3) is 1.00. The minimum atomic E-state index is -0.642. The molecule has 4 nitrogen and oxygen atoms in total. The van der Waals surface area contributed by atoms with Gasteiger partial charge in [-0.3, -0.25) is 0 Å². The maximum absolute atomic E-state index is 9.60. The highest BCUT2D eigenvalue weighted by Gasteiger charge is 1.74. The molecule has 0 aliphatic rings. The molecular weight excluding hydrogens is 86.0 g/mol. The van der Waals surface area contributed by atoms with E-state index in [1.54, 1.807) is 0 Å². The lowest BCUT2D eigenvalue weighted by Gasteiger charge is -2.20. The van der Waals surface area contributed by atoms with E-state index in [9.17, 15) is 5.21 Å². The van der Waals surface area contributed by atoms with E-state index >= 15 is 0 Å². The van der Waals surface area contributed by atoms with Gasteiger partial charge in [-0.25, -0.2) is 0 Å². The summed E-state index contributed by atoms with van der Waals surface area (Å²) in [4.78, 5) is 0. The second kappa shape index (κ2) is 3.05. The van der Waals surface area contributed by atoms with Crippen LogP contribution >= 0.6 is 0 Å². The molecule has 0 aromatic carbocycles. The third-order valence-electron chi connectivity index (χ3n) is 0.315. The van der Waals surface area contributed by atoms with Crippen molar-refractivity contribution in [2.24, 2.45) is 0 Å². The Balaban J connectivity index is 2.75. The molecular formula is C2H6NO3-. The first-order valence-corrected chi connectivity index (χ1v) is 1.45. The van der Waals surface area contributed by atoms with Gasteiger partial charge in [0, 0.05) is 0 Å². The average molecular weight is 92.1 g/mol. The largest absolute Gasteiger partial charge is 0.782 e. The zero-order valence-corrected chi connectivity index (χ0v) is 3.16. The standard InChI is InChI=1S/C2H6NO3/c4-1-3(6)2-5/h4-5H,1-2H2/q-1. The van der Waals surface area contributed by atoms with Crippen LogP contribution in [0.2, 0.25) is 0 Å². The second-order valence-corrected chi connectivity index (χ2v) is 0.765. The molecule has 0 spiro atoms. The highest BCUT2D eigenvalue weighted by Crippen LogP contribution is 1.71. The first-order chi connectivity index (χ1) is 2.81. The topological polar surface area (TPSA) is 66.8 Å². The van der Waals surface area contributed by atoms with Crippen molar-refractivity contribution in [2.75, 3.05) is 13.5 Å². The Morgan fingerprint density at radius 2 is 1.67 bits per heavy atom. The van der Waals surface area contributed by atoms with Crippen molar-refractivity contribution in [3.8, 4) is 0 Å². The van der Waals surface area contributed by atoms with Crippen molar-refractivity contribution < 1.29 is 10.2 Å². The molecule has 0 unspecified atom stereocenters. The third kappa shape index (κ3) is 2.10. The molecule has 0 atom stereocenters. The number of nitrogens with zero attached hydrogens (tertiary/aromatic N) is 1. The van der Waals surface area contributed by atoms with Gasteiger partial charge in [0.25, 0.3) is 0 Å². The molecule has 0 heterocycles. The van der Waals surface area contributed by atoms with E-state index in [4.69, 9.17) is 10.2 Å². The quantitative estimate of drug-likeness (QED) is 0.327. The van der Waals surface area contributed by atoms with E-state index in [1.807, 2.05) is 0 Å². The van der Waals surface area contributed by atoms with Gasteiger partial charge in [-0.2, -0.15) is 0 Å². The van der Waals surface area contributed by atoms with Gasteiger partial charge in [-0.15, -0.1) is 0 Å². The van der Waals surface area contributed by atoms with E-state index in [2.05, 4.69) is 0 Å². The van der Waals surface area contributed by atoms with Crippen LogP contribution < -0.4 is 0 Å². The number of rotatable bonds is 2. The lowest BCUT2D eigenvalue weighted by molar-refractivity contribution is 0.0688. The van der Waals surface area contributed by atoms with Gasteiger partial charge >= 0.3 is 0 Å². The Kier molecular flexibility index (Phi) is 2.97. The summed E-state index contributed by atoms with van der Waals surface area (Å²) in [6.07, 6.45) is 0. The number of hydrogen-bond acceptors (Lipinski definition) is 4. The van der Waals surface area contributed by atoms with Crippen molar-refractivity contribution in [3.05, 3.63) is 5.21 Å².